The van der Waals surface area contributed by atoms with Crippen molar-refractivity contribution in [3.05, 3.63) is 145 Å². The van der Waals surface area contributed by atoms with E-state index in [2.05, 4.69) is 145 Å². The van der Waals surface area contributed by atoms with Crippen LogP contribution in [0.2, 0.25) is 0 Å². The van der Waals surface area contributed by atoms with E-state index in [0.29, 0.717) is 0 Å². The lowest BCUT2D eigenvalue weighted by atomic mass is 9.97. The van der Waals surface area contributed by atoms with Crippen molar-refractivity contribution in [2.75, 3.05) is 0 Å². The molecule has 0 fully saturated rings. The molecule has 0 radical (unpaired) electrons. The zero-order valence-corrected chi connectivity index (χ0v) is 23.1. The van der Waals surface area contributed by atoms with Crippen molar-refractivity contribution in [3.8, 4) is 45.0 Å². The second kappa shape index (κ2) is 11.0. The summed E-state index contributed by atoms with van der Waals surface area (Å²) in [5, 5.41) is 0. The van der Waals surface area contributed by atoms with Crippen molar-refractivity contribution in [2.24, 2.45) is 14.1 Å². The van der Waals surface area contributed by atoms with Gasteiger partial charge in [-0.1, -0.05) is 42.5 Å². The van der Waals surface area contributed by atoms with Crippen molar-refractivity contribution < 1.29 is 9.13 Å². The lowest BCUT2D eigenvalue weighted by Gasteiger charge is -2.11. The second-order valence-corrected chi connectivity index (χ2v) is 10.2. The van der Waals surface area contributed by atoms with Crippen LogP contribution in [0.5, 0.6) is 0 Å². The zero-order chi connectivity index (χ0) is 27.5. The standard InChI is InChI=1S/C36H32N4/c1-26-17-18-28(24-32(26)35-16-7-9-21-39(35)2)34-15-10-12-30(38-34)23-27-11-4-5-13-31(27)36-25-29(19-22-40(36)3)33-14-6-8-20-37-33/h4-22,24-25H,23H2,1-3H3/q+2. The molecule has 0 spiro atoms. The van der Waals surface area contributed by atoms with Gasteiger partial charge in [0, 0.05) is 64.8 Å². The topological polar surface area (TPSA) is 33.5 Å². The van der Waals surface area contributed by atoms with Gasteiger partial charge in [0.1, 0.15) is 14.1 Å². The van der Waals surface area contributed by atoms with Gasteiger partial charge in [-0.3, -0.25) is 9.97 Å². The van der Waals surface area contributed by atoms with Crippen molar-refractivity contribution >= 4 is 0 Å². The van der Waals surface area contributed by atoms with E-state index in [4.69, 9.17) is 4.98 Å². The molecule has 4 nitrogen and oxygen atoms in total. The molecule has 2 aromatic carbocycles. The van der Waals surface area contributed by atoms with Crippen molar-refractivity contribution in [1.29, 1.82) is 0 Å². The van der Waals surface area contributed by atoms with Crippen LogP contribution < -0.4 is 9.13 Å². The Morgan fingerprint density at radius 1 is 0.600 bits per heavy atom. The first kappa shape index (κ1) is 25.3. The predicted octanol–water partition coefficient (Wildman–Crippen LogP) is 6.69. The molecular weight excluding hydrogens is 488 g/mol. The van der Waals surface area contributed by atoms with Crippen LogP contribution in [0, 0.1) is 6.92 Å². The summed E-state index contributed by atoms with van der Waals surface area (Å²) in [6, 6.07) is 38.2. The molecule has 0 N–H and O–H groups in total. The summed E-state index contributed by atoms with van der Waals surface area (Å²) in [6.45, 7) is 2.16. The van der Waals surface area contributed by atoms with E-state index in [0.717, 1.165) is 40.3 Å². The van der Waals surface area contributed by atoms with Crippen molar-refractivity contribution in [3.63, 3.8) is 0 Å². The Bertz CT molecular complexity index is 1810. The molecule has 4 heterocycles. The lowest BCUT2D eigenvalue weighted by Crippen LogP contribution is -2.30. The van der Waals surface area contributed by atoms with E-state index in [-0.39, 0.29) is 0 Å². The Labute approximate surface area is 235 Å². The summed E-state index contributed by atoms with van der Waals surface area (Å²) >= 11 is 0. The number of benzene rings is 2. The molecule has 6 aromatic rings. The van der Waals surface area contributed by atoms with E-state index in [9.17, 15) is 0 Å². The highest BCUT2D eigenvalue weighted by molar-refractivity contribution is 5.71. The summed E-state index contributed by atoms with van der Waals surface area (Å²) in [4.78, 5) is 9.68. The first-order valence-electron chi connectivity index (χ1n) is 13.6. The van der Waals surface area contributed by atoms with Crippen LogP contribution in [0.3, 0.4) is 0 Å². The second-order valence-electron chi connectivity index (χ2n) is 10.2. The maximum atomic E-state index is 5.12. The Morgan fingerprint density at radius 2 is 1.38 bits per heavy atom. The van der Waals surface area contributed by atoms with E-state index in [1.807, 2.05) is 18.3 Å². The summed E-state index contributed by atoms with van der Waals surface area (Å²) < 4.78 is 4.34. The maximum Gasteiger partial charge on any atom is 0.213 e. The van der Waals surface area contributed by atoms with E-state index < -0.39 is 0 Å². The van der Waals surface area contributed by atoms with E-state index in [1.165, 1.54) is 27.9 Å². The predicted molar refractivity (Wildman–Crippen MR) is 160 cm³/mol. The van der Waals surface area contributed by atoms with Crippen LogP contribution in [-0.2, 0) is 20.5 Å². The van der Waals surface area contributed by atoms with Crippen molar-refractivity contribution in [1.82, 2.24) is 9.97 Å². The molecule has 4 aromatic heterocycles. The first-order chi connectivity index (χ1) is 19.6. The van der Waals surface area contributed by atoms with Gasteiger partial charge in [0.2, 0.25) is 11.4 Å². The molecule has 0 saturated carbocycles. The molecule has 0 amide bonds. The number of rotatable bonds is 6. The summed E-state index contributed by atoms with van der Waals surface area (Å²) in [6.07, 6.45) is 6.77. The molecule has 4 heteroatoms. The van der Waals surface area contributed by atoms with Gasteiger partial charge in [-0.2, -0.15) is 0 Å². The summed E-state index contributed by atoms with van der Waals surface area (Å²) in [5.41, 5.74) is 12.5. The molecule has 40 heavy (non-hydrogen) atoms. The Kier molecular flexibility index (Phi) is 6.98. The molecule has 0 bridgehead atoms. The highest BCUT2D eigenvalue weighted by Gasteiger charge is 2.17. The van der Waals surface area contributed by atoms with Gasteiger partial charge < -0.3 is 0 Å². The minimum Gasteiger partial charge on any atom is -0.256 e. The molecule has 0 aliphatic heterocycles. The van der Waals surface area contributed by atoms with Gasteiger partial charge in [0.15, 0.2) is 12.4 Å². The van der Waals surface area contributed by atoms with Crippen LogP contribution in [-0.4, -0.2) is 9.97 Å². The lowest BCUT2D eigenvalue weighted by molar-refractivity contribution is -0.660. The third kappa shape index (κ3) is 5.16. The molecule has 0 aliphatic carbocycles. The number of hydrogen-bond acceptors (Lipinski definition) is 2. The van der Waals surface area contributed by atoms with E-state index in [1.54, 1.807) is 0 Å². The fourth-order valence-corrected chi connectivity index (χ4v) is 5.25. The summed E-state index contributed by atoms with van der Waals surface area (Å²) in [5.74, 6) is 0. The fraction of sp³-hybridized carbons (Fsp3) is 0.111. The third-order valence-electron chi connectivity index (χ3n) is 7.45. The number of aryl methyl sites for hydroxylation is 3. The minimum absolute atomic E-state index is 0.740. The first-order valence-corrected chi connectivity index (χ1v) is 13.6. The fourth-order valence-electron chi connectivity index (χ4n) is 5.25. The quantitative estimate of drug-likeness (QED) is 0.229. The van der Waals surface area contributed by atoms with Crippen LogP contribution in [0.25, 0.3) is 45.0 Å². The molecule has 0 atom stereocenters. The monoisotopic (exact) mass is 520 g/mol. The average molecular weight is 521 g/mol. The smallest absolute Gasteiger partial charge is 0.213 e. The Balaban J connectivity index is 1.35. The third-order valence-corrected chi connectivity index (χ3v) is 7.45. The van der Waals surface area contributed by atoms with Gasteiger partial charge in [-0.25, -0.2) is 9.13 Å². The van der Waals surface area contributed by atoms with Crippen LogP contribution in [0.15, 0.2) is 128 Å². The van der Waals surface area contributed by atoms with Gasteiger partial charge >= 0.3 is 0 Å². The summed E-state index contributed by atoms with van der Waals surface area (Å²) in [7, 11) is 4.18. The Morgan fingerprint density at radius 3 is 2.23 bits per heavy atom. The van der Waals surface area contributed by atoms with Crippen LogP contribution in [0.4, 0.5) is 0 Å². The van der Waals surface area contributed by atoms with Crippen molar-refractivity contribution in [2.45, 2.75) is 13.3 Å². The number of nitrogens with zero attached hydrogens (tertiary/aromatic N) is 4. The molecular formula is C36H32N4+2. The van der Waals surface area contributed by atoms with Gasteiger partial charge in [0.05, 0.1) is 11.4 Å². The molecule has 0 aliphatic rings. The molecule has 6 rings (SSSR count). The number of hydrogen-bond donors (Lipinski definition) is 0. The van der Waals surface area contributed by atoms with Gasteiger partial charge in [0.25, 0.3) is 0 Å². The highest BCUT2D eigenvalue weighted by atomic mass is 14.9. The Hall–Kier alpha value is -4.96. The largest absolute Gasteiger partial charge is 0.256 e. The highest BCUT2D eigenvalue weighted by Crippen LogP contribution is 2.29. The van der Waals surface area contributed by atoms with Gasteiger partial charge in [-0.15, -0.1) is 0 Å². The average Bonchev–Trinajstić information content (AvgIpc) is 2.99. The number of aromatic nitrogens is 4. The molecule has 0 saturated heterocycles. The van der Waals surface area contributed by atoms with Gasteiger partial charge in [-0.05, 0) is 60.5 Å². The molecule has 0 unspecified atom stereocenters. The van der Waals surface area contributed by atoms with Crippen LogP contribution >= 0.6 is 0 Å². The maximum absolute atomic E-state index is 5.12. The van der Waals surface area contributed by atoms with E-state index >= 15 is 0 Å². The minimum atomic E-state index is 0.740. The SMILES string of the molecule is Cc1ccc(-c2cccc(Cc3ccccc3-c3cc(-c4ccccn4)cc[n+]3C)n2)cc1-c1cccc[n+]1C. The van der Waals surface area contributed by atoms with Crippen LogP contribution in [0.1, 0.15) is 16.8 Å². The zero-order valence-electron chi connectivity index (χ0n) is 23.1. The molecule has 194 valence electrons. The normalized spacial score (nSPS) is 11.0. The number of pyridine rings is 4.